The third-order valence-corrected chi connectivity index (χ3v) is 4.84. The zero-order valence-corrected chi connectivity index (χ0v) is 10.8. The molecule has 0 heterocycles. The summed E-state index contributed by atoms with van der Waals surface area (Å²) in [4.78, 5) is 0. The summed E-state index contributed by atoms with van der Waals surface area (Å²) < 4.78 is 0. The Labute approximate surface area is 99.3 Å². The molecule has 1 saturated carbocycles. The topological polar surface area (TPSA) is 20.2 Å². The first kappa shape index (κ1) is 11.9. The highest BCUT2D eigenvalue weighted by Crippen LogP contribution is 2.52. The fraction of sp³-hybridized carbons (Fsp3) is 0.733. The Hall–Kier alpha value is -0.560. The molecule has 0 unspecified atom stereocenters. The van der Waals surface area contributed by atoms with Gasteiger partial charge in [0.25, 0.3) is 0 Å². The molecule has 2 aliphatic carbocycles. The van der Waals surface area contributed by atoms with Crippen LogP contribution in [0, 0.1) is 17.3 Å². The second-order valence-corrected chi connectivity index (χ2v) is 6.10. The summed E-state index contributed by atoms with van der Waals surface area (Å²) in [5, 5.41) is 10.6. The molecule has 0 aliphatic heterocycles. The number of hydrogen-bond acceptors (Lipinski definition) is 1. The minimum absolute atomic E-state index is 0.215. The molecular weight excluding hydrogens is 196 g/mol. The van der Waals surface area contributed by atoms with Gasteiger partial charge in [0.2, 0.25) is 0 Å². The van der Waals surface area contributed by atoms with Crippen LogP contribution in [0.15, 0.2) is 23.8 Å². The van der Waals surface area contributed by atoms with Crippen LogP contribution in [0.4, 0.5) is 0 Å². The Morgan fingerprint density at radius 1 is 1.50 bits per heavy atom. The van der Waals surface area contributed by atoms with Crippen LogP contribution in [0.5, 0.6) is 0 Å². The SMILES string of the molecule is C=C(C)[C@@H]1CC[C@@]2(C)CCC=C(C)[C@@H]2[C@H]1O. The van der Waals surface area contributed by atoms with Crippen molar-refractivity contribution in [3.8, 4) is 0 Å². The molecule has 1 fully saturated rings. The van der Waals surface area contributed by atoms with E-state index in [4.69, 9.17) is 0 Å². The first-order chi connectivity index (χ1) is 7.46. The van der Waals surface area contributed by atoms with Gasteiger partial charge in [-0.05, 0) is 44.9 Å². The maximum absolute atomic E-state index is 10.6. The van der Waals surface area contributed by atoms with Crippen molar-refractivity contribution in [1.82, 2.24) is 0 Å². The van der Waals surface area contributed by atoms with E-state index in [1.807, 2.05) is 0 Å². The fourth-order valence-electron chi connectivity index (χ4n) is 3.85. The number of hydrogen-bond donors (Lipinski definition) is 1. The smallest absolute Gasteiger partial charge is 0.0675 e. The number of fused-ring (bicyclic) bond motifs is 1. The molecular formula is C15H24O. The second kappa shape index (κ2) is 4.03. The molecule has 1 heteroatoms. The van der Waals surface area contributed by atoms with Gasteiger partial charge in [0, 0.05) is 11.8 Å². The molecule has 1 nitrogen and oxygen atoms in total. The number of allylic oxidation sites excluding steroid dienone is 1. The van der Waals surface area contributed by atoms with Crippen molar-refractivity contribution in [1.29, 1.82) is 0 Å². The van der Waals surface area contributed by atoms with E-state index in [0.29, 0.717) is 17.3 Å². The average molecular weight is 220 g/mol. The van der Waals surface area contributed by atoms with Crippen LogP contribution in [-0.4, -0.2) is 11.2 Å². The highest BCUT2D eigenvalue weighted by atomic mass is 16.3. The lowest BCUT2D eigenvalue weighted by molar-refractivity contribution is -0.0356. The molecule has 2 aliphatic rings. The summed E-state index contributed by atoms with van der Waals surface area (Å²) in [6.07, 6.45) is 6.86. The Morgan fingerprint density at radius 3 is 2.81 bits per heavy atom. The van der Waals surface area contributed by atoms with Gasteiger partial charge >= 0.3 is 0 Å². The van der Waals surface area contributed by atoms with Crippen LogP contribution in [0.25, 0.3) is 0 Å². The molecule has 0 amide bonds. The molecule has 0 aromatic heterocycles. The first-order valence-electron chi connectivity index (χ1n) is 6.46. The standard InChI is InChI=1S/C15H24O/c1-10(2)12-7-9-15(4)8-5-6-11(3)13(15)14(12)16/h6,12-14,16H,1,5,7-9H2,2-4H3/t12-,13+,14-,15+/m0/s1. The zero-order valence-electron chi connectivity index (χ0n) is 10.8. The van der Waals surface area contributed by atoms with Gasteiger partial charge in [-0.15, -0.1) is 0 Å². The highest BCUT2D eigenvalue weighted by molar-refractivity contribution is 5.20. The van der Waals surface area contributed by atoms with E-state index in [1.54, 1.807) is 0 Å². The quantitative estimate of drug-likeness (QED) is 0.668. The second-order valence-electron chi connectivity index (χ2n) is 6.10. The van der Waals surface area contributed by atoms with E-state index < -0.39 is 0 Å². The Bertz CT molecular complexity index is 328. The molecule has 0 radical (unpaired) electrons. The number of aliphatic hydroxyl groups is 1. The summed E-state index contributed by atoms with van der Waals surface area (Å²) in [5.41, 5.74) is 2.87. The number of aliphatic hydroxyl groups excluding tert-OH is 1. The van der Waals surface area contributed by atoms with E-state index in [9.17, 15) is 5.11 Å². The van der Waals surface area contributed by atoms with Crippen molar-refractivity contribution < 1.29 is 5.11 Å². The van der Waals surface area contributed by atoms with E-state index in [0.717, 1.165) is 12.0 Å². The lowest BCUT2D eigenvalue weighted by atomic mass is 9.56. The molecule has 2 rings (SSSR count). The first-order valence-corrected chi connectivity index (χ1v) is 6.46. The molecule has 0 aromatic rings. The molecule has 0 aromatic carbocycles. The van der Waals surface area contributed by atoms with Crippen molar-refractivity contribution in [2.75, 3.05) is 0 Å². The van der Waals surface area contributed by atoms with Crippen molar-refractivity contribution in [2.24, 2.45) is 17.3 Å². The van der Waals surface area contributed by atoms with Gasteiger partial charge in [0.15, 0.2) is 0 Å². The monoisotopic (exact) mass is 220 g/mol. The highest BCUT2D eigenvalue weighted by Gasteiger charge is 2.47. The van der Waals surface area contributed by atoms with Crippen LogP contribution >= 0.6 is 0 Å². The van der Waals surface area contributed by atoms with Crippen LogP contribution in [0.2, 0.25) is 0 Å². The Morgan fingerprint density at radius 2 is 2.19 bits per heavy atom. The predicted molar refractivity (Wildman–Crippen MR) is 68.1 cm³/mol. The van der Waals surface area contributed by atoms with Gasteiger partial charge in [-0.2, -0.15) is 0 Å². The van der Waals surface area contributed by atoms with Crippen LogP contribution in [0.3, 0.4) is 0 Å². The van der Waals surface area contributed by atoms with Gasteiger partial charge < -0.3 is 5.11 Å². The largest absolute Gasteiger partial charge is 0.392 e. The maximum Gasteiger partial charge on any atom is 0.0675 e. The minimum Gasteiger partial charge on any atom is -0.392 e. The maximum atomic E-state index is 10.6. The van der Waals surface area contributed by atoms with Crippen LogP contribution in [-0.2, 0) is 0 Å². The molecule has 0 saturated heterocycles. The third-order valence-electron chi connectivity index (χ3n) is 4.84. The molecule has 16 heavy (non-hydrogen) atoms. The number of rotatable bonds is 1. The van der Waals surface area contributed by atoms with Gasteiger partial charge in [0.05, 0.1) is 6.10 Å². The third kappa shape index (κ3) is 1.75. The average Bonchev–Trinajstić information content (AvgIpc) is 2.16. The Kier molecular flexibility index (Phi) is 3.00. The summed E-state index contributed by atoms with van der Waals surface area (Å²) in [7, 11) is 0. The normalized spacial score (nSPS) is 43.5. The fourth-order valence-corrected chi connectivity index (χ4v) is 3.85. The van der Waals surface area contributed by atoms with E-state index in [-0.39, 0.29) is 6.10 Å². The van der Waals surface area contributed by atoms with Crippen molar-refractivity contribution >= 4 is 0 Å². The molecule has 0 bridgehead atoms. The lowest BCUT2D eigenvalue weighted by Crippen LogP contribution is -2.47. The summed E-state index contributed by atoms with van der Waals surface area (Å²) in [5.74, 6) is 0.663. The van der Waals surface area contributed by atoms with E-state index in [2.05, 4.69) is 33.4 Å². The van der Waals surface area contributed by atoms with Crippen molar-refractivity contribution in [2.45, 2.75) is 52.6 Å². The molecule has 0 spiro atoms. The summed E-state index contributed by atoms with van der Waals surface area (Å²) in [6.45, 7) is 10.6. The van der Waals surface area contributed by atoms with Gasteiger partial charge in [0.1, 0.15) is 0 Å². The molecule has 1 N–H and O–H groups in total. The molecule has 4 atom stereocenters. The van der Waals surface area contributed by atoms with Crippen molar-refractivity contribution in [3.63, 3.8) is 0 Å². The van der Waals surface area contributed by atoms with Crippen LogP contribution in [0.1, 0.15) is 46.5 Å². The van der Waals surface area contributed by atoms with Gasteiger partial charge in [-0.3, -0.25) is 0 Å². The van der Waals surface area contributed by atoms with E-state index in [1.165, 1.54) is 24.8 Å². The Balaban J connectivity index is 2.30. The zero-order chi connectivity index (χ0) is 11.9. The molecule has 90 valence electrons. The van der Waals surface area contributed by atoms with Gasteiger partial charge in [-0.1, -0.05) is 30.7 Å². The van der Waals surface area contributed by atoms with Gasteiger partial charge in [-0.25, -0.2) is 0 Å². The summed E-state index contributed by atoms with van der Waals surface area (Å²) in [6, 6.07) is 0. The van der Waals surface area contributed by atoms with E-state index >= 15 is 0 Å². The predicted octanol–water partition coefficient (Wildman–Crippen LogP) is 3.70. The van der Waals surface area contributed by atoms with Crippen LogP contribution < -0.4 is 0 Å². The lowest BCUT2D eigenvalue weighted by Gasteiger charge is -2.50. The summed E-state index contributed by atoms with van der Waals surface area (Å²) >= 11 is 0. The minimum atomic E-state index is -0.215. The van der Waals surface area contributed by atoms with Crippen molar-refractivity contribution in [3.05, 3.63) is 23.8 Å².